The second-order valence-electron chi connectivity index (χ2n) is 5.13. The summed E-state index contributed by atoms with van der Waals surface area (Å²) >= 11 is 0. The Hall–Kier alpha value is -3.08. The second-order valence-corrected chi connectivity index (χ2v) is 5.13. The first kappa shape index (κ1) is 17.3. The zero-order valence-corrected chi connectivity index (χ0v) is 13.6. The average molecular weight is 325 g/mol. The van der Waals surface area contributed by atoms with Gasteiger partial charge in [-0.25, -0.2) is 4.79 Å². The molecule has 0 aliphatic rings. The highest BCUT2D eigenvalue weighted by molar-refractivity contribution is 6.06. The summed E-state index contributed by atoms with van der Waals surface area (Å²) in [6, 6.07) is 11.9. The molecular weight excluding hydrogens is 306 g/mol. The van der Waals surface area contributed by atoms with Crippen LogP contribution >= 0.6 is 0 Å². The Morgan fingerprint density at radius 3 is 2.62 bits per heavy atom. The molecule has 0 fully saturated rings. The molecule has 5 heteroatoms. The molecule has 0 atom stereocenters. The minimum absolute atomic E-state index is 0.0520. The normalized spacial score (nSPS) is 10.6. The Morgan fingerprint density at radius 2 is 1.96 bits per heavy atom. The third-order valence-corrected chi connectivity index (χ3v) is 3.34. The van der Waals surface area contributed by atoms with Crippen molar-refractivity contribution in [3.63, 3.8) is 0 Å². The van der Waals surface area contributed by atoms with Crippen molar-refractivity contribution < 1.29 is 19.4 Å². The van der Waals surface area contributed by atoms with Gasteiger partial charge in [0.1, 0.15) is 5.75 Å². The summed E-state index contributed by atoms with van der Waals surface area (Å²) in [6.07, 6.45) is 3.04. The standard InChI is InChI=1S/C19H19NO4/c1-3-24-17-10-8-14(12-13(17)2)9-11-18(21)20-16-7-5-4-6-15(16)19(22)23/h4-12H,3H2,1-2H3,(H,20,21)(H,22,23)/b11-9+. The molecule has 5 nitrogen and oxygen atoms in total. The molecule has 0 aromatic heterocycles. The molecule has 2 rings (SSSR count). The molecular formula is C19H19NO4. The van der Waals surface area contributed by atoms with Gasteiger partial charge in [-0.05, 0) is 55.3 Å². The molecule has 0 saturated heterocycles. The fourth-order valence-corrected chi connectivity index (χ4v) is 2.22. The maximum atomic E-state index is 12.0. The second kappa shape index (κ2) is 7.97. The number of carbonyl (C=O) groups excluding carboxylic acids is 1. The minimum atomic E-state index is -1.09. The van der Waals surface area contributed by atoms with Gasteiger partial charge in [-0.1, -0.05) is 18.2 Å². The van der Waals surface area contributed by atoms with Gasteiger partial charge in [0.2, 0.25) is 5.91 Å². The van der Waals surface area contributed by atoms with E-state index in [9.17, 15) is 9.59 Å². The fourth-order valence-electron chi connectivity index (χ4n) is 2.22. The summed E-state index contributed by atoms with van der Waals surface area (Å²) in [5, 5.41) is 11.7. The highest BCUT2D eigenvalue weighted by atomic mass is 16.5. The lowest BCUT2D eigenvalue weighted by Crippen LogP contribution is -2.11. The molecule has 0 aliphatic carbocycles. The lowest BCUT2D eigenvalue weighted by molar-refractivity contribution is -0.111. The third-order valence-electron chi connectivity index (χ3n) is 3.34. The van der Waals surface area contributed by atoms with Crippen LogP contribution in [0.5, 0.6) is 5.75 Å². The number of benzene rings is 2. The zero-order chi connectivity index (χ0) is 17.5. The van der Waals surface area contributed by atoms with Crippen LogP contribution in [0.25, 0.3) is 6.08 Å². The molecule has 0 aliphatic heterocycles. The summed E-state index contributed by atoms with van der Waals surface area (Å²) < 4.78 is 5.47. The zero-order valence-electron chi connectivity index (χ0n) is 13.6. The Kier molecular flexibility index (Phi) is 5.73. The van der Waals surface area contributed by atoms with Gasteiger partial charge < -0.3 is 15.2 Å². The summed E-state index contributed by atoms with van der Waals surface area (Å²) in [6.45, 7) is 4.46. The number of nitrogens with one attached hydrogen (secondary N) is 1. The number of ether oxygens (including phenoxy) is 1. The number of carbonyl (C=O) groups is 2. The third kappa shape index (κ3) is 4.46. The Bertz CT molecular complexity index is 781. The van der Waals surface area contributed by atoms with Crippen LogP contribution in [0.15, 0.2) is 48.5 Å². The molecule has 2 aromatic rings. The van der Waals surface area contributed by atoms with Crippen molar-refractivity contribution in [2.24, 2.45) is 0 Å². The van der Waals surface area contributed by atoms with E-state index in [1.165, 1.54) is 12.1 Å². The molecule has 2 N–H and O–H groups in total. The van der Waals surface area contributed by atoms with E-state index < -0.39 is 11.9 Å². The van der Waals surface area contributed by atoms with Crippen molar-refractivity contribution in [2.45, 2.75) is 13.8 Å². The highest BCUT2D eigenvalue weighted by Gasteiger charge is 2.10. The average Bonchev–Trinajstić information content (AvgIpc) is 2.55. The number of hydrogen-bond donors (Lipinski definition) is 2. The van der Waals surface area contributed by atoms with Gasteiger partial charge in [0.05, 0.1) is 17.9 Å². The quantitative estimate of drug-likeness (QED) is 0.793. The van der Waals surface area contributed by atoms with Crippen molar-refractivity contribution in [3.8, 4) is 5.75 Å². The van der Waals surface area contributed by atoms with E-state index in [1.54, 1.807) is 24.3 Å². The Morgan fingerprint density at radius 1 is 1.21 bits per heavy atom. The van der Waals surface area contributed by atoms with Crippen molar-refractivity contribution in [1.82, 2.24) is 0 Å². The largest absolute Gasteiger partial charge is 0.494 e. The summed E-state index contributed by atoms with van der Waals surface area (Å²) in [5.74, 6) is -0.665. The van der Waals surface area contributed by atoms with E-state index in [2.05, 4.69) is 5.32 Å². The number of anilines is 1. The topological polar surface area (TPSA) is 75.6 Å². The van der Waals surface area contributed by atoms with Crippen LogP contribution in [-0.4, -0.2) is 23.6 Å². The maximum Gasteiger partial charge on any atom is 0.337 e. The molecule has 0 radical (unpaired) electrons. The summed E-state index contributed by atoms with van der Waals surface area (Å²) in [7, 11) is 0. The number of para-hydroxylation sites is 1. The fraction of sp³-hybridized carbons (Fsp3) is 0.158. The Balaban J connectivity index is 2.09. The lowest BCUT2D eigenvalue weighted by Gasteiger charge is -2.07. The van der Waals surface area contributed by atoms with E-state index in [-0.39, 0.29) is 11.3 Å². The number of rotatable bonds is 6. The van der Waals surface area contributed by atoms with Crippen LogP contribution in [0.4, 0.5) is 5.69 Å². The van der Waals surface area contributed by atoms with Crippen LogP contribution in [0.2, 0.25) is 0 Å². The SMILES string of the molecule is CCOc1ccc(/C=C/C(=O)Nc2ccccc2C(=O)O)cc1C. The van der Waals surface area contributed by atoms with Gasteiger partial charge in [-0.3, -0.25) is 4.79 Å². The first-order valence-electron chi connectivity index (χ1n) is 7.56. The smallest absolute Gasteiger partial charge is 0.337 e. The van der Waals surface area contributed by atoms with E-state index in [4.69, 9.17) is 9.84 Å². The van der Waals surface area contributed by atoms with Crippen molar-refractivity contribution in [2.75, 3.05) is 11.9 Å². The van der Waals surface area contributed by atoms with E-state index in [0.29, 0.717) is 6.61 Å². The number of hydrogen-bond acceptors (Lipinski definition) is 3. The minimum Gasteiger partial charge on any atom is -0.494 e. The number of carboxylic acids is 1. The lowest BCUT2D eigenvalue weighted by atomic mass is 10.1. The van der Waals surface area contributed by atoms with Gasteiger partial charge >= 0.3 is 5.97 Å². The first-order chi connectivity index (χ1) is 11.5. The monoisotopic (exact) mass is 325 g/mol. The van der Waals surface area contributed by atoms with Crippen molar-refractivity contribution in [1.29, 1.82) is 0 Å². The van der Waals surface area contributed by atoms with E-state index in [1.807, 2.05) is 32.0 Å². The molecule has 24 heavy (non-hydrogen) atoms. The summed E-state index contributed by atoms with van der Waals surface area (Å²) in [5.41, 5.74) is 2.16. The number of carboxylic acid groups (broad SMARTS) is 1. The molecule has 1 amide bonds. The van der Waals surface area contributed by atoms with Crippen LogP contribution < -0.4 is 10.1 Å². The van der Waals surface area contributed by atoms with Gasteiger partial charge in [-0.2, -0.15) is 0 Å². The van der Waals surface area contributed by atoms with Crippen molar-refractivity contribution >= 4 is 23.6 Å². The number of aromatic carboxylic acids is 1. The molecule has 0 heterocycles. The highest BCUT2D eigenvalue weighted by Crippen LogP contribution is 2.20. The van der Waals surface area contributed by atoms with E-state index in [0.717, 1.165) is 16.9 Å². The van der Waals surface area contributed by atoms with Crippen LogP contribution in [-0.2, 0) is 4.79 Å². The molecule has 0 bridgehead atoms. The predicted molar refractivity (Wildman–Crippen MR) is 93.4 cm³/mol. The Labute approximate surface area is 140 Å². The van der Waals surface area contributed by atoms with Gasteiger partial charge in [0.25, 0.3) is 0 Å². The van der Waals surface area contributed by atoms with Crippen LogP contribution in [0.1, 0.15) is 28.4 Å². The van der Waals surface area contributed by atoms with Gasteiger partial charge in [0.15, 0.2) is 0 Å². The summed E-state index contributed by atoms with van der Waals surface area (Å²) in [4.78, 5) is 23.1. The molecule has 2 aromatic carbocycles. The van der Waals surface area contributed by atoms with Crippen LogP contribution in [0.3, 0.4) is 0 Å². The molecule has 0 spiro atoms. The van der Waals surface area contributed by atoms with Gasteiger partial charge in [0, 0.05) is 6.08 Å². The molecule has 0 saturated carbocycles. The molecule has 0 unspecified atom stereocenters. The number of aryl methyl sites for hydroxylation is 1. The number of amides is 1. The van der Waals surface area contributed by atoms with Gasteiger partial charge in [-0.15, -0.1) is 0 Å². The predicted octanol–water partition coefficient (Wildman–Crippen LogP) is 3.74. The van der Waals surface area contributed by atoms with Crippen molar-refractivity contribution in [3.05, 3.63) is 65.2 Å². The first-order valence-corrected chi connectivity index (χ1v) is 7.56. The molecule has 124 valence electrons. The van der Waals surface area contributed by atoms with Crippen LogP contribution in [0, 0.1) is 6.92 Å². The maximum absolute atomic E-state index is 12.0. The van der Waals surface area contributed by atoms with E-state index >= 15 is 0 Å².